The molecule has 10 nitrogen and oxygen atoms in total. The number of allylic oxidation sites excluding steroid dienone is 1. The number of nitrogens with one attached hydrogen (secondary N) is 4. The van der Waals surface area contributed by atoms with Crippen molar-refractivity contribution in [2.75, 3.05) is 19.6 Å². The molecule has 1 aliphatic heterocycles. The second kappa shape index (κ2) is 18.7. The molecule has 1 heterocycles. The van der Waals surface area contributed by atoms with Crippen molar-refractivity contribution in [2.24, 2.45) is 17.8 Å². The van der Waals surface area contributed by atoms with E-state index in [1.54, 1.807) is 24.0 Å². The largest absolute Gasteiger partial charge is 0.416 e. The lowest BCUT2D eigenvalue weighted by Gasteiger charge is -2.43. The second-order valence-corrected chi connectivity index (χ2v) is 16.0. The van der Waals surface area contributed by atoms with Crippen LogP contribution in [0.2, 0.25) is 0 Å². The van der Waals surface area contributed by atoms with Gasteiger partial charge in [-0.1, -0.05) is 76.4 Å². The summed E-state index contributed by atoms with van der Waals surface area (Å²) in [6.45, 7) is 8.86. The normalized spacial score (nSPS) is 20.6. The summed E-state index contributed by atoms with van der Waals surface area (Å²) < 4.78 is 57.1. The SMILES string of the molecule is CCC(C)[C@H](NC(=O)Cc1ccccc1F)C(=O)N[C@]1(C(=O)N[C@H](C(=O)NCC2CCN(C=O)CC2)C(C)CC)CCC2=C(C1)c1cccc(C(F)(F)F)c1CC2. The molecule has 0 spiro atoms. The molecule has 0 saturated carbocycles. The molecule has 2 unspecified atom stereocenters. The summed E-state index contributed by atoms with van der Waals surface area (Å²) in [6, 6.07) is 7.71. The maximum Gasteiger partial charge on any atom is 0.416 e. The Morgan fingerprint density at radius 2 is 1.56 bits per heavy atom. The first-order valence-corrected chi connectivity index (χ1v) is 20.1. The van der Waals surface area contributed by atoms with E-state index in [2.05, 4.69) is 21.3 Å². The molecule has 14 heteroatoms. The molecule has 2 aliphatic carbocycles. The number of piperidine rings is 1. The molecule has 310 valence electrons. The van der Waals surface area contributed by atoms with E-state index in [9.17, 15) is 41.5 Å². The van der Waals surface area contributed by atoms with Crippen LogP contribution >= 0.6 is 0 Å². The Balaban J connectivity index is 1.46. The van der Waals surface area contributed by atoms with Crippen molar-refractivity contribution in [2.45, 2.75) is 116 Å². The maximum absolute atomic E-state index is 14.9. The minimum Gasteiger partial charge on any atom is -0.354 e. The zero-order valence-corrected chi connectivity index (χ0v) is 33.2. The number of carbonyl (C=O) groups excluding carboxylic acids is 5. The molecule has 0 radical (unpaired) electrons. The average molecular weight is 798 g/mol. The van der Waals surface area contributed by atoms with E-state index in [1.807, 2.05) is 20.8 Å². The minimum atomic E-state index is -4.59. The number of halogens is 4. The Hall–Kier alpha value is -4.75. The van der Waals surface area contributed by atoms with Crippen LogP contribution in [0.5, 0.6) is 0 Å². The van der Waals surface area contributed by atoms with E-state index < -0.39 is 64.7 Å². The van der Waals surface area contributed by atoms with Crippen molar-refractivity contribution in [3.8, 4) is 0 Å². The van der Waals surface area contributed by atoms with Crippen LogP contribution in [0.4, 0.5) is 17.6 Å². The third-order valence-corrected chi connectivity index (χ3v) is 12.3. The number of rotatable bonds is 15. The topological polar surface area (TPSA) is 137 Å². The lowest BCUT2D eigenvalue weighted by molar-refractivity contribution is -0.139. The molecule has 1 saturated heterocycles. The monoisotopic (exact) mass is 797 g/mol. The molecule has 5 atom stereocenters. The Labute approximate surface area is 332 Å². The van der Waals surface area contributed by atoms with E-state index >= 15 is 0 Å². The fourth-order valence-electron chi connectivity index (χ4n) is 8.28. The summed E-state index contributed by atoms with van der Waals surface area (Å²) in [5, 5.41) is 11.7. The molecular weight excluding hydrogens is 742 g/mol. The zero-order valence-electron chi connectivity index (χ0n) is 33.2. The molecule has 4 N–H and O–H groups in total. The highest BCUT2D eigenvalue weighted by atomic mass is 19.4. The number of hydrogen-bond acceptors (Lipinski definition) is 5. The molecule has 2 aromatic rings. The van der Waals surface area contributed by atoms with Gasteiger partial charge in [-0.05, 0) is 90.7 Å². The maximum atomic E-state index is 14.9. The van der Waals surface area contributed by atoms with Gasteiger partial charge in [0.25, 0.3) is 0 Å². The summed E-state index contributed by atoms with van der Waals surface area (Å²) >= 11 is 0. The van der Waals surface area contributed by atoms with Crippen LogP contribution in [0.1, 0.15) is 101 Å². The van der Waals surface area contributed by atoms with Crippen LogP contribution in [0.3, 0.4) is 0 Å². The molecule has 5 amide bonds. The van der Waals surface area contributed by atoms with Crippen LogP contribution in [-0.4, -0.2) is 72.2 Å². The Morgan fingerprint density at radius 1 is 0.895 bits per heavy atom. The van der Waals surface area contributed by atoms with Crippen LogP contribution < -0.4 is 21.3 Å². The van der Waals surface area contributed by atoms with Gasteiger partial charge in [0.15, 0.2) is 0 Å². The molecule has 3 aliphatic rings. The zero-order chi connectivity index (χ0) is 41.5. The van der Waals surface area contributed by atoms with Gasteiger partial charge in [0.05, 0.1) is 12.0 Å². The van der Waals surface area contributed by atoms with Crippen molar-refractivity contribution in [3.63, 3.8) is 0 Å². The predicted octanol–water partition coefficient (Wildman–Crippen LogP) is 5.87. The smallest absolute Gasteiger partial charge is 0.354 e. The van der Waals surface area contributed by atoms with Gasteiger partial charge >= 0.3 is 6.18 Å². The first-order valence-electron chi connectivity index (χ1n) is 20.1. The second-order valence-electron chi connectivity index (χ2n) is 16.0. The lowest BCUT2D eigenvalue weighted by atomic mass is 9.70. The third-order valence-electron chi connectivity index (χ3n) is 12.3. The quantitative estimate of drug-likeness (QED) is 0.132. The summed E-state index contributed by atoms with van der Waals surface area (Å²) in [5.41, 5.74) is -0.307. The van der Waals surface area contributed by atoms with Crippen molar-refractivity contribution >= 4 is 35.6 Å². The predicted molar refractivity (Wildman–Crippen MR) is 208 cm³/mol. The number of fused-ring (bicyclic) bond motifs is 2. The average Bonchev–Trinajstić information content (AvgIpc) is 3.20. The van der Waals surface area contributed by atoms with E-state index in [4.69, 9.17) is 0 Å². The summed E-state index contributed by atoms with van der Waals surface area (Å²) in [7, 11) is 0. The standard InChI is InChI=1S/C43H55F4N5O5/c1-5-26(3)37(39(55)48-24-28-17-20-52(25-53)21-18-28)50-41(57)42(19-16-29-14-15-32-31(33(29)23-42)11-9-12-34(32)43(45,46)47)51-40(56)38(27(4)6-2)49-36(54)22-30-10-7-8-13-35(30)44/h7-13,25-28,37-38H,5-6,14-24H2,1-4H3,(H,48,55)(H,49,54)(H,50,57)(H,51,56)/t26?,27?,37-,38-,42+/m0/s1. The van der Waals surface area contributed by atoms with E-state index in [1.165, 1.54) is 24.3 Å². The van der Waals surface area contributed by atoms with Gasteiger partial charge in [0, 0.05) is 26.1 Å². The summed E-state index contributed by atoms with van der Waals surface area (Å²) in [6.07, 6.45) is -0.825. The highest BCUT2D eigenvalue weighted by Crippen LogP contribution is 2.47. The van der Waals surface area contributed by atoms with Gasteiger partial charge in [-0.3, -0.25) is 24.0 Å². The molecule has 0 bridgehead atoms. The Morgan fingerprint density at radius 3 is 2.19 bits per heavy atom. The van der Waals surface area contributed by atoms with Crippen molar-refractivity contribution in [1.29, 1.82) is 0 Å². The molecular formula is C43H55F4N5O5. The highest BCUT2D eigenvalue weighted by molar-refractivity contribution is 5.99. The Kier molecular flexibility index (Phi) is 14.2. The van der Waals surface area contributed by atoms with E-state index in [0.717, 1.165) is 30.9 Å². The van der Waals surface area contributed by atoms with Gasteiger partial charge in [-0.15, -0.1) is 0 Å². The van der Waals surface area contributed by atoms with Gasteiger partial charge in [-0.25, -0.2) is 4.39 Å². The number of benzene rings is 2. The van der Waals surface area contributed by atoms with Crippen molar-refractivity contribution in [1.82, 2.24) is 26.2 Å². The molecule has 2 aromatic carbocycles. The van der Waals surface area contributed by atoms with Crippen LogP contribution in [0.25, 0.3) is 5.57 Å². The third kappa shape index (κ3) is 10.2. The first kappa shape index (κ1) is 43.4. The highest BCUT2D eigenvalue weighted by Gasteiger charge is 2.48. The number of amides is 5. The minimum absolute atomic E-state index is 0.109. The molecule has 5 rings (SSSR count). The number of hydrogen-bond donors (Lipinski definition) is 4. The summed E-state index contributed by atoms with van der Waals surface area (Å²) in [4.78, 5) is 69.3. The number of alkyl halides is 3. The van der Waals surface area contributed by atoms with Crippen LogP contribution in [-0.2, 0) is 43.0 Å². The fraction of sp³-hybridized carbons (Fsp3) is 0.558. The van der Waals surface area contributed by atoms with Gasteiger partial charge in [0.2, 0.25) is 30.0 Å². The van der Waals surface area contributed by atoms with Crippen LogP contribution in [0, 0.1) is 23.6 Å². The van der Waals surface area contributed by atoms with E-state index in [0.29, 0.717) is 56.5 Å². The fourth-order valence-corrected chi connectivity index (χ4v) is 8.28. The van der Waals surface area contributed by atoms with Crippen LogP contribution in [0.15, 0.2) is 48.0 Å². The number of nitrogens with zero attached hydrogens (tertiary/aromatic N) is 1. The van der Waals surface area contributed by atoms with E-state index in [-0.39, 0.29) is 48.6 Å². The van der Waals surface area contributed by atoms with Gasteiger partial charge < -0.3 is 26.2 Å². The summed E-state index contributed by atoms with van der Waals surface area (Å²) in [5.74, 6) is -3.49. The molecule has 0 aromatic heterocycles. The van der Waals surface area contributed by atoms with Crippen molar-refractivity contribution in [3.05, 3.63) is 76.1 Å². The van der Waals surface area contributed by atoms with Gasteiger partial charge in [-0.2, -0.15) is 13.2 Å². The lowest BCUT2D eigenvalue weighted by Crippen LogP contribution is -2.66. The van der Waals surface area contributed by atoms with Crippen molar-refractivity contribution < 1.29 is 41.5 Å². The Bertz CT molecular complexity index is 1840. The number of carbonyl (C=O) groups is 5. The number of likely N-dealkylation sites (tertiary alicyclic amines) is 1. The first-order chi connectivity index (χ1) is 27.1. The molecule has 1 fully saturated rings. The molecule has 57 heavy (non-hydrogen) atoms. The van der Waals surface area contributed by atoms with Gasteiger partial charge in [0.1, 0.15) is 23.4 Å².